The molecule has 18 heavy (non-hydrogen) atoms. The summed E-state index contributed by atoms with van der Waals surface area (Å²) in [5.74, 6) is -1.16. The van der Waals surface area contributed by atoms with Crippen molar-refractivity contribution < 1.29 is 14.7 Å². The van der Waals surface area contributed by atoms with Crippen molar-refractivity contribution in [2.75, 3.05) is 13.6 Å². The van der Waals surface area contributed by atoms with Crippen LogP contribution in [0.25, 0.3) is 0 Å². The van der Waals surface area contributed by atoms with Gasteiger partial charge in [0.2, 0.25) is 0 Å². The van der Waals surface area contributed by atoms with Gasteiger partial charge in [-0.2, -0.15) is 0 Å². The van der Waals surface area contributed by atoms with E-state index in [0.29, 0.717) is 13.0 Å². The highest BCUT2D eigenvalue weighted by atomic mass is 16.4. The van der Waals surface area contributed by atoms with Crippen LogP contribution in [0.4, 0.5) is 4.79 Å². The first-order valence-electron chi connectivity index (χ1n) is 6.32. The van der Waals surface area contributed by atoms with Gasteiger partial charge < -0.3 is 14.9 Å². The van der Waals surface area contributed by atoms with Crippen LogP contribution in [-0.4, -0.2) is 52.6 Å². The van der Waals surface area contributed by atoms with Gasteiger partial charge in [0.1, 0.15) is 0 Å². The maximum Gasteiger partial charge on any atom is 0.320 e. The summed E-state index contributed by atoms with van der Waals surface area (Å²) >= 11 is 0. The molecule has 3 unspecified atom stereocenters. The van der Waals surface area contributed by atoms with Gasteiger partial charge in [0, 0.05) is 25.7 Å². The molecule has 5 heteroatoms. The molecule has 3 atom stereocenters. The smallest absolute Gasteiger partial charge is 0.320 e. The maximum atomic E-state index is 12.3. The first kappa shape index (κ1) is 12.9. The average molecular weight is 252 g/mol. The average Bonchev–Trinajstić information content (AvgIpc) is 2.83. The van der Waals surface area contributed by atoms with E-state index in [-0.39, 0.29) is 24.0 Å². The molecule has 2 amide bonds. The number of nitrogens with zero attached hydrogens (tertiary/aromatic N) is 2. The Bertz CT molecular complexity index is 394. The number of carbonyl (C=O) groups is 2. The topological polar surface area (TPSA) is 60.9 Å². The van der Waals surface area contributed by atoms with Crippen molar-refractivity contribution in [2.24, 2.45) is 5.92 Å². The number of carboxylic acid groups (broad SMARTS) is 1. The van der Waals surface area contributed by atoms with Crippen molar-refractivity contribution in [2.45, 2.75) is 38.3 Å². The summed E-state index contributed by atoms with van der Waals surface area (Å²) in [6.07, 6.45) is 2.35. The van der Waals surface area contributed by atoms with Gasteiger partial charge in [0.15, 0.2) is 0 Å². The third kappa shape index (κ3) is 2.09. The number of fused-ring (bicyclic) bond motifs is 2. The summed E-state index contributed by atoms with van der Waals surface area (Å²) in [6.45, 7) is 6.19. The third-order valence-electron chi connectivity index (χ3n) is 3.91. The van der Waals surface area contributed by atoms with E-state index in [1.165, 1.54) is 0 Å². The lowest BCUT2D eigenvalue weighted by atomic mass is 9.89. The first-order chi connectivity index (χ1) is 8.41. The maximum absolute atomic E-state index is 12.3. The molecular weight excluding hydrogens is 232 g/mol. The van der Waals surface area contributed by atoms with Crippen molar-refractivity contribution in [3.8, 4) is 0 Å². The highest BCUT2D eigenvalue weighted by molar-refractivity contribution is 5.79. The molecule has 0 aliphatic carbocycles. The predicted molar refractivity (Wildman–Crippen MR) is 67.2 cm³/mol. The predicted octanol–water partition coefficient (Wildman–Crippen LogP) is 1.55. The number of amides is 2. The van der Waals surface area contributed by atoms with E-state index in [4.69, 9.17) is 5.11 Å². The van der Waals surface area contributed by atoms with Crippen LogP contribution in [0.1, 0.15) is 26.2 Å². The van der Waals surface area contributed by atoms with Crippen molar-refractivity contribution in [3.63, 3.8) is 0 Å². The molecule has 2 bridgehead atoms. The summed E-state index contributed by atoms with van der Waals surface area (Å²) < 4.78 is 0. The second kappa shape index (κ2) is 4.63. The van der Waals surface area contributed by atoms with Crippen molar-refractivity contribution in [1.82, 2.24) is 9.80 Å². The standard InChI is InChI=1S/C13H20N2O3/c1-8(2)7-14(3)13(18)15-9-4-5-11(15)10(6-9)12(16)17/h9-11H,1,4-7H2,2-3H3,(H,16,17). The summed E-state index contributed by atoms with van der Waals surface area (Å²) in [7, 11) is 1.74. The zero-order chi connectivity index (χ0) is 13.4. The second-order valence-electron chi connectivity index (χ2n) is 5.48. The number of likely N-dealkylation sites (N-methyl/N-ethyl adjacent to an activating group) is 1. The molecule has 0 radical (unpaired) electrons. The quantitative estimate of drug-likeness (QED) is 0.775. The van der Waals surface area contributed by atoms with Gasteiger partial charge in [0.25, 0.3) is 0 Å². The van der Waals surface area contributed by atoms with Gasteiger partial charge in [-0.25, -0.2) is 4.79 Å². The van der Waals surface area contributed by atoms with E-state index in [2.05, 4.69) is 6.58 Å². The number of aliphatic carboxylic acids is 1. The van der Waals surface area contributed by atoms with Crippen LogP contribution in [-0.2, 0) is 4.79 Å². The lowest BCUT2D eigenvalue weighted by Gasteiger charge is -2.28. The third-order valence-corrected chi connectivity index (χ3v) is 3.91. The van der Waals surface area contributed by atoms with E-state index in [0.717, 1.165) is 18.4 Å². The fourth-order valence-electron chi connectivity index (χ4n) is 3.22. The highest BCUT2D eigenvalue weighted by Gasteiger charge is 2.51. The Labute approximate surface area is 107 Å². The van der Waals surface area contributed by atoms with E-state index in [9.17, 15) is 9.59 Å². The number of hydrogen-bond acceptors (Lipinski definition) is 2. The molecule has 2 aliphatic heterocycles. The van der Waals surface area contributed by atoms with Gasteiger partial charge >= 0.3 is 12.0 Å². The van der Waals surface area contributed by atoms with Crippen LogP contribution in [0.15, 0.2) is 12.2 Å². The molecule has 0 aromatic carbocycles. The molecule has 2 rings (SSSR count). The fraction of sp³-hybridized carbons (Fsp3) is 0.692. The minimum atomic E-state index is -0.775. The Hall–Kier alpha value is -1.52. The molecule has 0 aromatic rings. The Balaban J connectivity index is 2.08. The Morgan fingerprint density at radius 2 is 2.11 bits per heavy atom. The van der Waals surface area contributed by atoms with Gasteiger partial charge in [0.05, 0.1) is 5.92 Å². The second-order valence-corrected chi connectivity index (χ2v) is 5.48. The Kier molecular flexibility index (Phi) is 3.32. The molecule has 2 fully saturated rings. The summed E-state index contributed by atoms with van der Waals surface area (Å²) in [6, 6.07) is -0.0713. The lowest BCUT2D eigenvalue weighted by molar-refractivity contribution is -0.142. The zero-order valence-electron chi connectivity index (χ0n) is 10.9. The number of carbonyl (C=O) groups excluding carboxylic acids is 1. The van der Waals surface area contributed by atoms with E-state index >= 15 is 0 Å². The van der Waals surface area contributed by atoms with Crippen LogP contribution in [0.2, 0.25) is 0 Å². The van der Waals surface area contributed by atoms with Crippen molar-refractivity contribution in [1.29, 1.82) is 0 Å². The molecule has 0 spiro atoms. The number of rotatable bonds is 3. The van der Waals surface area contributed by atoms with Crippen LogP contribution < -0.4 is 0 Å². The number of hydrogen-bond donors (Lipinski definition) is 1. The molecule has 1 N–H and O–H groups in total. The molecule has 2 saturated heterocycles. The van der Waals surface area contributed by atoms with Gasteiger partial charge in [-0.1, -0.05) is 12.2 Å². The molecular formula is C13H20N2O3. The molecule has 100 valence electrons. The number of urea groups is 1. The minimum absolute atomic E-state index is 0.0609. The van der Waals surface area contributed by atoms with Crippen LogP contribution in [0, 0.1) is 5.92 Å². The molecule has 2 heterocycles. The Morgan fingerprint density at radius 1 is 1.44 bits per heavy atom. The molecule has 2 aliphatic rings. The fourth-order valence-corrected chi connectivity index (χ4v) is 3.22. The van der Waals surface area contributed by atoms with Crippen molar-refractivity contribution in [3.05, 3.63) is 12.2 Å². The van der Waals surface area contributed by atoms with Crippen LogP contribution in [0.5, 0.6) is 0 Å². The van der Waals surface area contributed by atoms with Gasteiger partial charge in [-0.05, 0) is 26.2 Å². The summed E-state index contributed by atoms with van der Waals surface area (Å²) in [4.78, 5) is 26.9. The number of carboxylic acids is 1. The largest absolute Gasteiger partial charge is 0.481 e. The summed E-state index contributed by atoms with van der Waals surface area (Å²) in [5.41, 5.74) is 0.923. The molecule has 0 aromatic heterocycles. The summed E-state index contributed by atoms with van der Waals surface area (Å²) in [5, 5.41) is 9.15. The molecule has 0 saturated carbocycles. The monoisotopic (exact) mass is 252 g/mol. The normalized spacial score (nSPS) is 29.4. The van der Waals surface area contributed by atoms with E-state index in [1.54, 1.807) is 16.8 Å². The van der Waals surface area contributed by atoms with Gasteiger partial charge in [-0.15, -0.1) is 0 Å². The highest BCUT2D eigenvalue weighted by Crippen LogP contribution is 2.42. The SMILES string of the molecule is C=C(C)CN(C)C(=O)N1C2CCC1C(C(=O)O)C2. The van der Waals surface area contributed by atoms with Gasteiger partial charge in [-0.3, -0.25) is 4.79 Å². The zero-order valence-corrected chi connectivity index (χ0v) is 10.9. The van der Waals surface area contributed by atoms with Crippen molar-refractivity contribution >= 4 is 12.0 Å². The molecule has 5 nitrogen and oxygen atoms in total. The van der Waals surface area contributed by atoms with E-state index < -0.39 is 5.97 Å². The van der Waals surface area contributed by atoms with E-state index in [1.807, 2.05) is 6.92 Å². The lowest BCUT2D eigenvalue weighted by Crippen LogP contribution is -2.45. The van der Waals surface area contributed by atoms with Crippen LogP contribution >= 0.6 is 0 Å². The minimum Gasteiger partial charge on any atom is -0.481 e. The van der Waals surface area contributed by atoms with Crippen LogP contribution in [0.3, 0.4) is 0 Å². The first-order valence-corrected chi connectivity index (χ1v) is 6.32. The Morgan fingerprint density at radius 3 is 2.61 bits per heavy atom.